The van der Waals surface area contributed by atoms with Crippen molar-refractivity contribution in [1.82, 2.24) is 14.8 Å². The Bertz CT molecular complexity index is 1150. The monoisotopic (exact) mass is 486 g/mol. The van der Waals surface area contributed by atoms with Gasteiger partial charge in [-0.05, 0) is 62.4 Å². The summed E-state index contributed by atoms with van der Waals surface area (Å²) in [6, 6.07) is 7.66. The molecule has 8 nitrogen and oxygen atoms in total. The predicted octanol–water partition coefficient (Wildman–Crippen LogP) is 4.34. The van der Waals surface area contributed by atoms with Gasteiger partial charge < -0.3 is 19.4 Å². The number of methoxy groups -OCH3 is 1. The van der Waals surface area contributed by atoms with Crippen molar-refractivity contribution in [1.29, 1.82) is 0 Å². The third-order valence-corrected chi connectivity index (χ3v) is 7.63. The summed E-state index contributed by atoms with van der Waals surface area (Å²) in [5.74, 6) is 1.06. The van der Waals surface area contributed by atoms with E-state index < -0.39 is 5.97 Å². The zero-order chi connectivity index (χ0) is 23.4. The lowest BCUT2D eigenvalue weighted by Gasteiger charge is -2.11. The highest BCUT2D eigenvalue weighted by Gasteiger charge is 2.27. The number of nitrogens with one attached hydrogen (secondary N) is 1. The van der Waals surface area contributed by atoms with Gasteiger partial charge in [0.1, 0.15) is 10.8 Å². The van der Waals surface area contributed by atoms with Crippen LogP contribution in [0.3, 0.4) is 0 Å². The maximum Gasteiger partial charge on any atom is 0.341 e. The molecule has 0 aliphatic heterocycles. The van der Waals surface area contributed by atoms with Crippen molar-refractivity contribution in [2.24, 2.45) is 7.05 Å². The van der Waals surface area contributed by atoms with E-state index in [2.05, 4.69) is 15.5 Å². The van der Waals surface area contributed by atoms with E-state index in [0.717, 1.165) is 47.4 Å². The van der Waals surface area contributed by atoms with Crippen LogP contribution in [-0.4, -0.2) is 46.1 Å². The number of aryl methyl sites for hydroxylation is 1. The fourth-order valence-electron chi connectivity index (χ4n) is 3.82. The maximum absolute atomic E-state index is 12.7. The second-order valence-corrected chi connectivity index (χ2v) is 9.61. The SMILES string of the molecule is CCOc1ccc(-c2nnc(SCC(=O)Nc3sc4c(c3C(=O)OC)CCCC4)n2C)cc1. The molecule has 1 N–H and O–H groups in total. The molecule has 4 rings (SSSR count). The Hall–Kier alpha value is -2.85. The fourth-order valence-corrected chi connectivity index (χ4v) is 5.83. The normalized spacial score (nSPS) is 12.8. The summed E-state index contributed by atoms with van der Waals surface area (Å²) in [5.41, 5.74) is 2.44. The molecule has 1 aromatic carbocycles. The molecule has 3 aromatic rings. The summed E-state index contributed by atoms with van der Waals surface area (Å²) in [6.07, 6.45) is 3.91. The van der Waals surface area contributed by atoms with Gasteiger partial charge in [-0.2, -0.15) is 0 Å². The van der Waals surface area contributed by atoms with Crippen molar-refractivity contribution in [3.05, 3.63) is 40.3 Å². The van der Waals surface area contributed by atoms with Gasteiger partial charge in [-0.1, -0.05) is 11.8 Å². The van der Waals surface area contributed by atoms with Gasteiger partial charge in [0.05, 0.1) is 25.0 Å². The molecule has 33 heavy (non-hydrogen) atoms. The number of esters is 1. The molecule has 0 fully saturated rings. The van der Waals surface area contributed by atoms with Crippen LogP contribution in [0, 0.1) is 0 Å². The molecular formula is C23H26N4O4S2. The number of anilines is 1. The van der Waals surface area contributed by atoms with Crippen LogP contribution in [0.2, 0.25) is 0 Å². The molecule has 0 saturated carbocycles. The van der Waals surface area contributed by atoms with Crippen molar-refractivity contribution in [2.75, 3.05) is 24.8 Å². The molecule has 1 aliphatic rings. The number of hydrogen-bond donors (Lipinski definition) is 1. The number of benzene rings is 1. The van der Waals surface area contributed by atoms with Crippen molar-refractivity contribution in [2.45, 2.75) is 37.8 Å². The van der Waals surface area contributed by atoms with Crippen LogP contribution in [0.15, 0.2) is 29.4 Å². The minimum atomic E-state index is -0.398. The van der Waals surface area contributed by atoms with Gasteiger partial charge in [0.25, 0.3) is 0 Å². The van der Waals surface area contributed by atoms with Crippen molar-refractivity contribution in [3.63, 3.8) is 0 Å². The number of hydrogen-bond acceptors (Lipinski definition) is 8. The maximum atomic E-state index is 12.7. The molecule has 0 atom stereocenters. The summed E-state index contributed by atoms with van der Waals surface area (Å²) in [6.45, 7) is 2.56. The average molecular weight is 487 g/mol. The topological polar surface area (TPSA) is 95.3 Å². The van der Waals surface area contributed by atoms with E-state index in [1.807, 2.05) is 42.8 Å². The number of carbonyl (C=O) groups is 2. The van der Waals surface area contributed by atoms with E-state index in [9.17, 15) is 9.59 Å². The van der Waals surface area contributed by atoms with Gasteiger partial charge in [-0.3, -0.25) is 4.79 Å². The molecule has 0 spiro atoms. The molecule has 1 aliphatic carbocycles. The molecule has 0 bridgehead atoms. The molecule has 2 heterocycles. The lowest BCUT2D eigenvalue weighted by Crippen LogP contribution is -2.17. The number of fused-ring (bicyclic) bond motifs is 1. The minimum Gasteiger partial charge on any atom is -0.494 e. The van der Waals surface area contributed by atoms with E-state index in [0.29, 0.717) is 28.2 Å². The predicted molar refractivity (Wildman–Crippen MR) is 129 cm³/mol. The molecule has 0 unspecified atom stereocenters. The summed E-state index contributed by atoms with van der Waals surface area (Å²) in [4.78, 5) is 26.2. The highest BCUT2D eigenvalue weighted by atomic mass is 32.2. The van der Waals surface area contributed by atoms with Crippen molar-refractivity contribution < 1.29 is 19.1 Å². The number of thiophene rings is 1. The Balaban J connectivity index is 1.43. The van der Waals surface area contributed by atoms with E-state index in [-0.39, 0.29) is 11.7 Å². The first-order valence-electron chi connectivity index (χ1n) is 10.8. The highest BCUT2D eigenvalue weighted by Crippen LogP contribution is 2.38. The quantitative estimate of drug-likeness (QED) is 0.374. The van der Waals surface area contributed by atoms with Crippen LogP contribution in [0.1, 0.15) is 40.6 Å². The van der Waals surface area contributed by atoms with Gasteiger partial charge in [-0.25, -0.2) is 4.79 Å². The van der Waals surface area contributed by atoms with Crippen LogP contribution >= 0.6 is 23.1 Å². The number of thioether (sulfide) groups is 1. The number of ether oxygens (including phenoxy) is 2. The van der Waals surface area contributed by atoms with Crippen LogP contribution in [0.25, 0.3) is 11.4 Å². The Morgan fingerprint density at radius 1 is 1.18 bits per heavy atom. The lowest BCUT2D eigenvalue weighted by atomic mass is 9.95. The van der Waals surface area contributed by atoms with E-state index in [4.69, 9.17) is 9.47 Å². The van der Waals surface area contributed by atoms with Gasteiger partial charge in [0.15, 0.2) is 11.0 Å². The number of rotatable bonds is 8. The van der Waals surface area contributed by atoms with E-state index in [1.165, 1.54) is 30.2 Å². The molecule has 10 heteroatoms. The molecule has 1 amide bonds. The van der Waals surface area contributed by atoms with Gasteiger partial charge in [-0.15, -0.1) is 21.5 Å². The summed E-state index contributed by atoms with van der Waals surface area (Å²) in [5, 5.41) is 12.6. The second kappa shape index (κ2) is 10.4. The zero-order valence-corrected chi connectivity index (χ0v) is 20.5. The minimum absolute atomic E-state index is 0.151. The summed E-state index contributed by atoms with van der Waals surface area (Å²) >= 11 is 2.78. The largest absolute Gasteiger partial charge is 0.494 e. The van der Waals surface area contributed by atoms with Crippen LogP contribution in [-0.2, 0) is 29.4 Å². The van der Waals surface area contributed by atoms with Gasteiger partial charge >= 0.3 is 5.97 Å². The first-order chi connectivity index (χ1) is 16.0. The van der Waals surface area contributed by atoms with Gasteiger partial charge in [0.2, 0.25) is 5.91 Å². The lowest BCUT2D eigenvalue weighted by molar-refractivity contribution is -0.113. The third kappa shape index (κ3) is 5.06. The zero-order valence-electron chi connectivity index (χ0n) is 18.8. The smallest absolute Gasteiger partial charge is 0.341 e. The average Bonchev–Trinajstić information content (AvgIpc) is 3.37. The van der Waals surface area contributed by atoms with Gasteiger partial charge in [0, 0.05) is 17.5 Å². The molecule has 2 aromatic heterocycles. The Labute approximate surface area is 200 Å². The highest BCUT2D eigenvalue weighted by molar-refractivity contribution is 7.99. The van der Waals surface area contributed by atoms with Crippen molar-refractivity contribution in [3.8, 4) is 17.1 Å². The summed E-state index contributed by atoms with van der Waals surface area (Å²) in [7, 11) is 3.24. The first-order valence-corrected chi connectivity index (χ1v) is 12.6. The van der Waals surface area contributed by atoms with Crippen LogP contribution in [0.5, 0.6) is 5.75 Å². The Kier molecular flexibility index (Phi) is 7.34. The fraction of sp³-hybridized carbons (Fsp3) is 0.391. The second-order valence-electron chi connectivity index (χ2n) is 7.57. The number of amides is 1. The number of carbonyl (C=O) groups excluding carboxylic acids is 2. The Morgan fingerprint density at radius 2 is 1.94 bits per heavy atom. The van der Waals surface area contributed by atoms with Crippen LogP contribution < -0.4 is 10.1 Å². The standard InChI is InChI=1S/C23H26N4O4S2/c1-4-31-15-11-9-14(10-12-15)20-25-26-23(27(20)2)32-13-18(28)24-21-19(22(29)30-3)16-7-5-6-8-17(16)33-21/h9-12H,4-8,13H2,1-3H3,(H,24,28). The van der Waals surface area contributed by atoms with E-state index >= 15 is 0 Å². The number of aromatic nitrogens is 3. The number of nitrogens with zero attached hydrogens (tertiary/aromatic N) is 3. The third-order valence-electron chi connectivity index (χ3n) is 5.40. The van der Waals surface area contributed by atoms with E-state index in [1.54, 1.807) is 0 Å². The Morgan fingerprint density at radius 3 is 2.67 bits per heavy atom. The molecule has 0 saturated heterocycles. The first kappa shape index (κ1) is 23.3. The molecule has 174 valence electrons. The summed E-state index contributed by atoms with van der Waals surface area (Å²) < 4.78 is 12.3. The molecular weight excluding hydrogens is 460 g/mol. The van der Waals surface area contributed by atoms with Crippen molar-refractivity contribution >= 4 is 40.0 Å². The molecule has 0 radical (unpaired) electrons. The van der Waals surface area contributed by atoms with Crippen LogP contribution in [0.4, 0.5) is 5.00 Å².